The van der Waals surface area contributed by atoms with Crippen molar-refractivity contribution < 1.29 is 9.53 Å². The Morgan fingerprint density at radius 2 is 1.89 bits per heavy atom. The average molecular weight is 264 g/mol. The van der Waals surface area contributed by atoms with Crippen LogP contribution in [0.25, 0.3) is 0 Å². The van der Waals surface area contributed by atoms with Gasteiger partial charge >= 0.3 is 5.97 Å². The van der Waals surface area contributed by atoms with E-state index in [0.717, 1.165) is 30.6 Å². The van der Waals surface area contributed by atoms with Gasteiger partial charge in [0.05, 0.1) is 12.5 Å². The molecule has 3 aliphatic rings. The molecule has 0 aromatic heterocycles. The van der Waals surface area contributed by atoms with Gasteiger partial charge in [-0.25, -0.2) is 0 Å². The molecule has 0 bridgehead atoms. The second-order valence-electron chi connectivity index (χ2n) is 7.60. The molecule has 0 aliphatic heterocycles. The SMILES string of the molecule is C[C@@H](C1CCCCC1)C1CC1(C)COC(=O)C1CC1. The monoisotopic (exact) mass is 264 g/mol. The summed E-state index contributed by atoms with van der Waals surface area (Å²) in [7, 11) is 0. The second kappa shape index (κ2) is 5.10. The molecule has 0 heterocycles. The minimum Gasteiger partial charge on any atom is -0.465 e. The molecule has 0 radical (unpaired) electrons. The van der Waals surface area contributed by atoms with Crippen molar-refractivity contribution in [3.8, 4) is 0 Å². The number of carbonyl (C=O) groups excluding carboxylic acids is 1. The molecule has 3 fully saturated rings. The molecule has 0 aromatic rings. The van der Waals surface area contributed by atoms with Crippen LogP contribution >= 0.6 is 0 Å². The lowest BCUT2D eigenvalue weighted by Crippen LogP contribution is -2.22. The molecule has 3 atom stereocenters. The first-order valence-corrected chi connectivity index (χ1v) is 8.27. The first-order chi connectivity index (χ1) is 9.10. The summed E-state index contributed by atoms with van der Waals surface area (Å²) < 4.78 is 5.52. The van der Waals surface area contributed by atoms with E-state index in [0.29, 0.717) is 12.0 Å². The fraction of sp³-hybridized carbons (Fsp3) is 0.941. The highest BCUT2D eigenvalue weighted by Crippen LogP contribution is 2.59. The van der Waals surface area contributed by atoms with Crippen LogP contribution in [0, 0.1) is 29.1 Å². The molecule has 0 spiro atoms. The van der Waals surface area contributed by atoms with Crippen molar-refractivity contribution >= 4 is 5.97 Å². The van der Waals surface area contributed by atoms with Crippen molar-refractivity contribution in [2.45, 2.75) is 65.2 Å². The summed E-state index contributed by atoms with van der Waals surface area (Å²) in [5.41, 5.74) is 0.293. The molecule has 3 rings (SSSR count). The van der Waals surface area contributed by atoms with E-state index >= 15 is 0 Å². The predicted octanol–water partition coefficient (Wildman–Crippen LogP) is 4.18. The van der Waals surface area contributed by atoms with Crippen LogP contribution in [0.5, 0.6) is 0 Å². The van der Waals surface area contributed by atoms with Crippen LogP contribution in [0.3, 0.4) is 0 Å². The third-order valence-electron chi connectivity index (χ3n) is 5.90. The zero-order chi connectivity index (χ0) is 13.5. The van der Waals surface area contributed by atoms with Gasteiger partial charge in [-0.15, -0.1) is 0 Å². The van der Waals surface area contributed by atoms with E-state index in [-0.39, 0.29) is 11.9 Å². The Labute approximate surface area is 117 Å². The van der Waals surface area contributed by atoms with E-state index in [1.54, 1.807) is 0 Å². The van der Waals surface area contributed by atoms with E-state index in [1.807, 2.05) is 0 Å². The van der Waals surface area contributed by atoms with Crippen LogP contribution in [0.1, 0.15) is 65.2 Å². The Bertz CT molecular complexity index is 341. The molecule has 3 aliphatic carbocycles. The van der Waals surface area contributed by atoms with Crippen LogP contribution in [-0.2, 0) is 9.53 Å². The Morgan fingerprint density at radius 3 is 2.53 bits per heavy atom. The summed E-state index contributed by atoms with van der Waals surface area (Å²) in [5, 5.41) is 0. The van der Waals surface area contributed by atoms with Gasteiger partial charge in [-0.3, -0.25) is 4.79 Å². The predicted molar refractivity (Wildman–Crippen MR) is 75.6 cm³/mol. The molecule has 3 saturated carbocycles. The molecule has 0 amide bonds. The molecule has 0 aromatic carbocycles. The lowest BCUT2D eigenvalue weighted by Gasteiger charge is -2.29. The molecule has 0 saturated heterocycles. The lowest BCUT2D eigenvalue weighted by atomic mass is 9.77. The van der Waals surface area contributed by atoms with Crippen molar-refractivity contribution in [1.29, 1.82) is 0 Å². The summed E-state index contributed by atoms with van der Waals surface area (Å²) >= 11 is 0. The van der Waals surface area contributed by atoms with Crippen LogP contribution in [0.15, 0.2) is 0 Å². The third kappa shape index (κ3) is 2.98. The number of carbonyl (C=O) groups is 1. The highest BCUT2D eigenvalue weighted by Gasteiger charge is 2.54. The minimum absolute atomic E-state index is 0.0668. The topological polar surface area (TPSA) is 26.3 Å². The van der Waals surface area contributed by atoms with Gasteiger partial charge < -0.3 is 4.74 Å². The molecule has 0 N–H and O–H groups in total. The summed E-state index contributed by atoms with van der Waals surface area (Å²) in [6, 6.07) is 0. The lowest BCUT2D eigenvalue weighted by molar-refractivity contribution is -0.147. The van der Waals surface area contributed by atoms with Gasteiger partial charge in [0, 0.05) is 5.41 Å². The quantitative estimate of drug-likeness (QED) is 0.696. The average Bonchev–Trinajstić information content (AvgIpc) is 3.32. The van der Waals surface area contributed by atoms with Crippen LogP contribution in [-0.4, -0.2) is 12.6 Å². The Hall–Kier alpha value is -0.530. The fourth-order valence-corrected chi connectivity index (χ4v) is 4.09. The summed E-state index contributed by atoms with van der Waals surface area (Å²) in [6.45, 7) is 5.43. The first-order valence-electron chi connectivity index (χ1n) is 8.27. The third-order valence-corrected chi connectivity index (χ3v) is 5.90. The minimum atomic E-state index is 0.0668. The van der Waals surface area contributed by atoms with E-state index in [4.69, 9.17) is 4.74 Å². The van der Waals surface area contributed by atoms with Crippen molar-refractivity contribution in [2.75, 3.05) is 6.61 Å². The molecular formula is C17H28O2. The van der Waals surface area contributed by atoms with Gasteiger partial charge in [-0.1, -0.05) is 46.0 Å². The van der Waals surface area contributed by atoms with Crippen LogP contribution in [0.2, 0.25) is 0 Å². The van der Waals surface area contributed by atoms with Crippen molar-refractivity contribution in [3.63, 3.8) is 0 Å². The maximum absolute atomic E-state index is 11.6. The van der Waals surface area contributed by atoms with Crippen LogP contribution in [0.4, 0.5) is 0 Å². The van der Waals surface area contributed by atoms with Crippen molar-refractivity contribution in [1.82, 2.24) is 0 Å². The van der Waals surface area contributed by atoms with Gasteiger partial charge in [0.1, 0.15) is 0 Å². The van der Waals surface area contributed by atoms with Crippen molar-refractivity contribution in [3.05, 3.63) is 0 Å². The molecule has 19 heavy (non-hydrogen) atoms. The van der Waals surface area contributed by atoms with Gasteiger partial charge in [-0.2, -0.15) is 0 Å². The molecule has 2 unspecified atom stereocenters. The van der Waals surface area contributed by atoms with Gasteiger partial charge in [0.25, 0.3) is 0 Å². The summed E-state index contributed by atoms with van der Waals surface area (Å²) in [5.74, 6) is 2.86. The summed E-state index contributed by atoms with van der Waals surface area (Å²) in [4.78, 5) is 11.6. The van der Waals surface area contributed by atoms with E-state index < -0.39 is 0 Å². The zero-order valence-electron chi connectivity index (χ0n) is 12.5. The number of ether oxygens (including phenoxy) is 1. The Kier molecular flexibility index (Phi) is 3.61. The number of esters is 1. The highest BCUT2D eigenvalue weighted by molar-refractivity contribution is 5.74. The van der Waals surface area contributed by atoms with Crippen molar-refractivity contribution in [2.24, 2.45) is 29.1 Å². The molecule has 2 heteroatoms. The van der Waals surface area contributed by atoms with Gasteiger partial charge in [-0.05, 0) is 37.0 Å². The largest absolute Gasteiger partial charge is 0.465 e. The number of rotatable bonds is 5. The molecule has 108 valence electrons. The fourth-order valence-electron chi connectivity index (χ4n) is 4.09. The number of hydrogen-bond donors (Lipinski definition) is 0. The van der Waals surface area contributed by atoms with E-state index in [9.17, 15) is 4.79 Å². The maximum atomic E-state index is 11.6. The Morgan fingerprint density at radius 1 is 1.21 bits per heavy atom. The molecular weight excluding hydrogens is 236 g/mol. The smallest absolute Gasteiger partial charge is 0.308 e. The normalized spacial score (nSPS) is 36.8. The zero-order valence-corrected chi connectivity index (χ0v) is 12.5. The maximum Gasteiger partial charge on any atom is 0.308 e. The van der Waals surface area contributed by atoms with E-state index in [2.05, 4.69) is 13.8 Å². The second-order valence-corrected chi connectivity index (χ2v) is 7.60. The summed E-state index contributed by atoms with van der Waals surface area (Å²) in [6.07, 6.45) is 10.5. The number of hydrogen-bond acceptors (Lipinski definition) is 2. The van der Waals surface area contributed by atoms with Gasteiger partial charge in [0.15, 0.2) is 0 Å². The van der Waals surface area contributed by atoms with Gasteiger partial charge in [0.2, 0.25) is 0 Å². The van der Waals surface area contributed by atoms with E-state index in [1.165, 1.54) is 38.5 Å². The standard InChI is InChI=1S/C17H28O2/c1-12(13-6-4-3-5-7-13)15-10-17(15,2)11-19-16(18)14-8-9-14/h12-15H,3-11H2,1-2H3/t12-,15?,17?/m0/s1. The molecule has 2 nitrogen and oxygen atoms in total. The highest BCUT2D eigenvalue weighted by atomic mass is 16.5. The Balaban J connectivity index is 1.46. The first kappa shape index (κ1) is 13.5. The van der Waals surface area contributed by atoms with Crippen LogP contribution < -0.4 is 0 Å².